The van der Waals surface area contributed by atoms with Crippen molar-refractivity contribution in [2.45, 2.75) is 12.5 Å². The molecule has 2 aromatic carbocycles. The Morgan fingerprint density at radius 1 is 1.30 bits per heavy atom. The first-order chi connectivity index (χ1) is 9.51. The van der Waals surface area contributed by atoms with Crippen LogP contribution in [0.3, 0.4) is 0 Å². The van der Waals surface area contributed by atoms with Crippen LogP contribution in [-0.2, 0) is 6.42 Å². The van der Waals surface area contributed by atoms with Crippen LogP contribution in [0.25, 0.3) is 0 Å². The van der Waals surface area contributed by atoms with Crippen LogP contribution < -0.4 is 4.74 Å². The van der Waals surface area contributed by atoms with E-state index in [0.717, 1.165) is 24.9 Å². The van der Waals surface area contributed by atoms with Crippen LogP contribution in [0.4, 0.5) is 0 Å². The van der Waals surface area contributed by atoms with Crippen LogP contribution in [0.15, 0.2) is 40.9 Å². The Hall–Kier alpha value is -0.300. The van der Waals surface area contributed by atoms with Gasteiger partial charge in [-0.05, 0) is 64.0 Å². The normalized spacial score (nSPS) is 12.2. The summed E-state index contributed by atoms with van der Waals surface area (Å²) >= 11 is 11.7. The first-order valence-corrected chi connectivity index (χ1v) is 8.21. The zero-order valence-electron chi connectivity index (χ0n) is 10.7. The Balaban J connectivity index is 2.24. The third kappa shape index (κ3) is 3.87. The van der Waals surface area contributed by atoms with Crippen molar-refractivity contribution in [1.29, 1.82) is 0 Å². The van der Waals surface area contributed by atoms with E-state index in [4.69, 9.17) is 16.3 Å². The Morgan fingerprint density at radius 2 is 2.05 bits per heavy atom. The molecule has 0 aliphatic rings. The quantitative estimate of drug-likeness (QED) is 0.642. The summed E-state index contributed by atoms with van der Waals surface area (Å²) in [6.45, 7) is 0. The monoisotopic (exact) mass is 466 g/mol. The largest absolute Gasteiger partial charge is 0.496 e. The molecule has 1 unspecified atom stereocenters. The zero-order valence-corrected chi connectivity index (χ0v) is 15.2. The summed E-state index contributed by atoms with van der Waals surface area (Å²) in [6.07, 6.45) is -0.146. The van der Waals surface area contributed by atoms with E-state index in [2.05, 4.69) is 38.5 Å². The van der Waals surface area contributed by atoms with Gasteiger partial charge in [0.1, 0.15) is 5.75 Å². The molecule has 0 bridgehead atoms. The molecule has 0 aliphatic heterocycles. The second kappa shape index (κ2) is 7.11. The van der Waals surface area contributed by atoms with Crippen molar-refractivity contribution in [3.63, 3.8) is 0 Å². The van der Waals surface area contributed by atoms with Crippen molar-refractivity contribution in [3.8, 4) is 5.75 Å². The van der Waals surface area contributed by atoms with Gasteiger partial charge < -0.3 is 9.84 Å². The first-order valence-electron chi connectivity index (χ1n) is 5.96. The molecule has 0 radical (unpaired) electrons. The number of rotatable bonds is 4. The highest BCUT2D eigenvalue weighted by Gasteiger charge is 2.13. The van der Waals surface area contributed by atoms with Crippen molar-refractivity contribution >= 4 is 50.1 Å². The minimum Gasteiger partial charge on any atom is -0.496 e. The predicted molar refractivity (Wildman–Crippen MR) is 93.5 cm³/mol. The van der Waals surface area contributed by atoms with Crippen LogP contribution in [0, 0.1) is 3.57 Å². The smallest absolute Gasteiger partial charge is 0.122 e. The molecule has 0 aromatic heterocycles. The van der Waals surface area contributed by atoms with E-state index >= 15 is 0 Å². The fraction of sp³-hybridized carbons (Fsp3) is 0.200. The highest BCUT2D eigenvalue weighted by molar-refractivity contribution is 14.1. The Morgan fingerprint density at radius 3 is 2.70 bits per heavy atom. The average molecular weight is 468 g/mol. The minimum atomic E-state index is -0.618. The van der Waals surface area contributed by atoms with Crippen LogP contribution in [0.2, 0.25) is 5.02 Å². The highest BCUT2D eigenvalue weighted by Crippen LogP contribution is 2.29. The fourth-order valence-corrected chi connectivity index (χ4v) is 2.89. The molecule has 2 rings (SSSR count). The maximum Gasteiger partial charge on any atom is 0.122 e. The maximum absolute atomic E-state index is 10.4. The Bertz CT molecular complexity index is 619. The molecule has 1 atom stereocenters. The molecule has 1 N–H and O–H groups in total. The molecule has 0 saturated heterocycles. The summed E-state index contributed by atoms with van der Waals surface area (Å²) in [6, 6.07) is 11.3. The van der Waals surface area contributed by atoms with E-state index < -0.39 is 6.10 Å². The number of methoxy groups -OCH3 is 1. The lowest BCUT2D eigenvalue weighted by Gasteiger charge is -2.15. The molecule has 0 heterocycles. The second-order valence-corrected chi connectivity index (χ2v) is 6.83. The highest BCUT2D eigenvalue weighted by atomic mass is 127. The summed E-state index contributed by atoms with van der Waals surface area (Å²) in [5, 5.41) is 11.0. The van der Waals surface area contributed by atoms with Crippen LogP contribution in [0.5, 0.6) is 5.75 Å². The van der Waals surface area contributed by atoms with E-state index in [0.29, 0.717) is 11.4 Å². The maximum atomic E-state index is 10.4. The number of aliphatic hydroxyl groups is 1. The molecule has 2 aromatic rings. The summed E-state index contributed by atoms with van der Waals surface area (Å²) in [5.74, 6) is 0.767. The standard InChI is InChI=1S/C15H13BrClIO2/c1-20-15-5-3-11(16)6-10(15)8-14(19)9-2-4-13(18)12(17)7-9/h2-7,14,19H,8H2,1H3. The van der Waals surface area contributed by atoms with Crippen LogP contribution >= 0.6 is 50.1 Å². The number of benzene rings is 2. The molecule has 5 heteroatoms. The van der Waals surface area contributed by atoms with Crippen molar-refractivity contribution in [2.24, 2.45) is 0 Å². The molecule has 0 aliphatic carbocycles. The van der Waals surface area contributed by atoms with E-state index in [1.807, 2.05) is 30.3 Å². The molecular weight excluding hydrogens is 454 g/mol. The Labute approximate surface area is 145 Å². The summed E-state index contributed by atoms with van der Waals surface area (Å²) < 4.78 is 7.25. The van der Waals surface area contributed by atoms with Gasteiger partial charge in [0, 0.05) is 14.5 Å². The van der Waals surface area contributed by atoms with E-state index in [-0.39, 0.29) is 0 Å². The minimum absolute atomic E-state index is 0.472. The van der Waals surface area contributed by atoms with Gasteiger partial charge in [-0.3, -0.25) is 0 Å². The van der Waals surface area contributed by atoms with E-state index in [1.165, 1.54) is 0 Å². The third-order valence-corrected chi connectivity index (χ3v) is 5.05. The molecule has 106 valence electrons. The van der Waals surface area contributed by atoms with Crippen LogP contribution in [-0.4, -0.2) is 12.2 Å². The number of ether oxygens (including phenoxy) is 1. The van der Waals surface area contributed by atoms with E-state index in [1.54, 1.807) is 13.2 Å². The number of aliphatic hydroxyl groups excluding tert-OH is 1. The summed E-state index contributed by atoms with van der Waals surface area (Å²) in [7, 11) is 1.63. The average Bonchev–Trinajstić information content (AvgIpc) is 2.42. The molecule has 0 saturated carbocycles. The lowest BCUT2D eigenvalue weighted by atomic mass is 10.0. The second-order valence-electron chi connectivity index (χ2n) is 4.35. The van der Waals surface area contributed by atoms with Crippen molar-refractivity contribution in [1.82, 2.24) is 0 Å². The van der Waals surface area contributed by atoms with Gasteiger partial charge in [-0.25, -0.2) is 0 Å². The van der Waals surface area contributed by atoms with Gasteiger partial charge in [-0.2, -0.15) is 0 Å². The van der Waals surface area contributed by atoms with Gasteiger partial charge in [0.2, 0.25) is 0 Å². The lowest BCUT2D eigenvalue weighted by molar-refractivity contribution is 0.177. The number of hydrogen-bond acceptors (Lipinski definition) is 2. The van der Waals surface area contributed by atoms with Gasteiger partial charge >= 0.3 is 0 Å². The molecule has 2 nitrogen and oxygen atoms in total. The summed E-state index contributed by atoms with van der Waals surface area (Å²) in [5.41, 5.74) is 1.75. The molecular formula is C15H13BrClIO2. The van der Waals surface area contributed by atoms with Crippen molar-refractivity contribution < 1.29 is 9.84 Å². The predicted octanol–water partition coefficient (Wildman–Crippen LogP) is 4.99. The van der Waals surface area contributed by atoms with Gasteiger partial charge in [0.25, 0.3) is 0 Å². The third-order valence-electron chi connectivity index (χ3n) is 2.98. The molecule has 0 spiro atoms. The molecule has 0 fully saturated rings. The van der Waals surface area contributed by atoms with Gasteiger partial charge in [0.15, 0.2) is 0 Å². The van der Waals surface area contributed by atoms with Crippen molar-refractivity contribution in [3.05, 3.63) is 60.6 Å². The molecule has 0 amide bonds. The Kier molecular flexibility index (Phi) is 5.72. The van der Waals surface area contributed by atoms with E-state index in [9.17, 15) is 5.11 Å². The van der Waals surface area contributed by atoms with Crippen molar-refractivity contribution in [2.75, 3.05) is 7.11 Å². The van der Waals surface area contributed by atoms with Gasteiger partial charge in [-0.15, -0.1) is 0 Å². The fourth-order valence-electron chi connectivity index (χ4n) is 1.95. The number of hydrogen-bond donors (Lipinski definition) is 1. The summed E-state index contributed by atoms with van der Waals surface area (Å²) in [4.78, 5) is 0. The topological polar surface area (TPSA) is 29.5 Å². The van der Waals surface area contributed by atoms with Gasteiger partial charge in [-0.1, -0.05) is 33.6 Å². The number of halogens is 3. The zero-order chi connectivity index (χ0) is 14.7. The van der Waals surface area contributed by atoms with Gasteiger partial charge in [0.05, 0.1) is 18.2 Å². The lowest BCUT2D eigenvalue weighted by Crippen LogP contribution is -2.03. The first kappa shape index (κ1) is 16.1. The molecule has 20 heavy (non-hydrogen) atoms. The SMILES string of the molecule is COc1ccc(Br)cc1CC(O)c1ccc(I)c(Cl)c1. The van der Waals surface area contributed by atoms with Crippen LogP contribution in [0.1, 0.15) is 17.2 Å².